The summed E-state index contributed by atoms with van der Waals surface area (Å²) in [5.41, 5.74) is 0.663. The molecule has 2 fully saturated rings. The Hall–Kier alpha value is -1.26. The molecule has 1 aromatic carbocycles. The molecule has 0 radical (unpaired) electrons. The van der Waals surface area contributed by atoms with Gasteiger partial charge in [-0.2, -0.15) is 0 Å². The van der Waals surface area contributed by atoms with Crippen LogP contribution in [0.1, 0.15) is 37.7 Å². The van der Waals surface area contributed by atoms with Crippen molar-refractivity contribution >= 4 is 35.1 Å². The third-order valence-corrected chi connectivity index (χ3v) is 6.01. The molecule has 2 unspecified atom stereocenters. The summed E-state index contributed by atoms with van der Waals surface area (Å²) in [5, 5.41) is 10.6. The molecule has 6 heteroatoms. The first-order chi connectivity index (χ1) is 11.5. The summed E-state index contributed by atoms with van der Waals surface area (Å²) in [6.45, 7) is 0.297. The number of carboxylic acids is 1. The van der Waals surface area contributed by atoms with E-state index in [9.17, 15) is 14.7 Å². The molecule has 1 saturated carbocycles. The number of nitrogens with zero attached hydrogens (tertiary/aromatic N) is 1. The quantitative estimate of drug-likeness (QED) is 0.871. The summed E-state index contributed by atoms with van der Waals surface area (Å²) in [7, 11) is 0. The number of rotatable bonds is 4. The number of carbonyl (C=O) groups excluding carboxylic acids is 1. The van der Waals surface area contributed by atoms with Crippen LogP contribution in [0.5, 0.6) is 0 Å². The summed E-state index contributed by atoms with van der Waals surface area (Å²) in [4.78, 5) is 26.4. The number of amides is 1. The van der Waals surface area contributed by atoms with Crippen molar-refractivity contribution in [2.75, 3.05) is 6.54 Å². The Balaban J connectivity index is 1.84. The topological polar surface area (TPSA) is 57.6 Å². The van der Waals surface area contributed by atoms with Gasteiger partial charge < -0.3 is 10.0 Å². The minimum Gasteiger partial charge on any atom is -0.481 e. The molecular formula is C18H21Cl2NO3. The second-order valence-corrected chi connectivity index (χ2v) is 7.55. The summed E-state index contributed by atoms with van der Waals surface area (Å²) in [6.07, 6.45) is 5.62. The van der Waals surface area contributed by atoms with E-state index in [1.807, 2.05) is 0 Å². The molecule has 1 aliphatic carbocycles. The van der Waals surface area contributed by atoms with Gasteiger partial charge in [0.2, 0.25) is 5.91 Å². The molecule has 2 atom stereocenters. The Bertz CT molecular complexity index is 623. The van der Waals surface area contributed by atoms with E-state index in [1.165, 1.54) is 6.42 Å². The highest BCUT2D eigenvalue weighted by molar-refractivity contribution is 6.36. The van der Waals surface area contributed by atoms with Gasteiger partial charge in [-0.15, -0.1) is 0 Å². The van der Waals surface area contributed by atoms with Gasteiger partial charge in [-0.25, -0.2) is 0 Å². The van der Waals surface area contributed by atoms with Crippen molar-refractivity contribution in [1.29, 1.82) is 0 Å². The van der Waals surface area contributed by atoms with E-state index in [2.05, 4.69) is 0 Å². The van der Waals surface area contributed by atoms with Gasteiger partial charge in [-0.05, 0) is 37.0 Å². The first kappa shape index (κ1) is 17.6. The Morgan fingerprint density at radius 1 is 1.17 bits per heavy atom. The fourth-order valence-electron chi connectivity index (χ4n) is 3.96. The number of benzene rings is 1. The average Bonchev–Trinajstić information content (AvgIpc) is 2.89. The molecule has 0 aromatic heterocycles. The van der Waals surface area contributed by atoms with E-state index < -0.39 is 17.8 Å². The molecule has 1 heterocycles. The molecule has 1 aromatic rings. The van der Waals surface area contributed by atoms with Crippen LogP contribution in [0.3, 0.4) is 0 Å². The molecule has 0 bridgehead atoms. The smallest absolute Gasteiger partial charge is 0.309 e. The lowest BCUT2D eigenvalue weighted by Gasteiger charge is -2.31. The lowest BCUT2D eigenvalue weighted by atomic mass is 9.89. The molecule has 1 N–H and O–H groups in total. The highest BCUT2D eigenvalue weighted by Gasteiger charge is 2.46. The van der Waals surface area contributed by atoms with Crippen LogP contribution < -0.4 is 0 Å². The normalized spacial score (nSPS) is 25.2. The zero-order valence-corrected chi connectivity index (χ0v) is 14.9. The van der Waals surface area contributed by atoms with Crippen LogP contribution in [0.25, 0.3) is 0 Å². The summed E-state index contributed by atoms with van der Waals surface area (Å²) >= 11 is 12.4. The molecular weight excluding hydrogens is 349 g/mol. The monoisotopic (exact) mass is 369 g/mol. The van der Waals surface area contributed by atoms with Crippen LogP contribution >= 0.6 is 23.2 Å². The van der Waals surface area contributed by atoms with Crippen molar-refractivity contribution in [2.24, 2.45) is 11.8 Å². The van der Waals surface area contributed by atoms with E-state index in [0.717, 1.165) is 25.7 Å². The van der Waals surface area contributed by atoms with Gasteiger partial charge in [0, 0.05) is 22.6 Å². The predicted molar refractivity (Wildman–Crippen MR) is 93.4 cm³/mol. The van der Waals surface area contributed by atoms with E-state index >= 15 is 0 Å². The van der Waals surface area contributed by atoms with Crippen molar-refractivity contribution in [3.63, 3.8) is 0 Å². The van der Waals surface area contributed by atoms with Crippen LogP contribution in [0.4, 0.5) is 0 Å². The van der Waals surface area contributed by atoms with E-state index in [0.29, 0.717) is 22.2 Å². The average molecular weight is 370 g/mol. The number of carbonyl (C=O) groups is 2. The molecule has 3 rings (SSSR count). The van der Waals surface area contributed by atoms with Gasteiger partial charge in [-0.1, -0.05) is 48.5 Å². The summed E-state index contributed by atoms with van der Waals surface area (Å²) < 4.78 is 0. The van der Waals surface area contributed by atoms with Gasteiger partial charge in [0.15, 0.2) is 0 Å². The first-order valence-electron chi connectivity index (χ1n) is 8.45. The minimum atomic E-state index is -0.921. The van der Waals surface area contributed by atoms with Gasteiger partial charge in [0.25, 0.3) is 0 Å². The molecule has 1 amide bonds. The van der Waals surface area contributed by atoms with Gasteiger partial charge in [0.1, 0.15) is 0 Å². The molecule has 4 nitrogen and oxygen atoms in total. The Kier molecular flexibility index (Phi) is 5.36. The van der Waals surface area contributed by atoms with Crippen molar-refractivity contribution < 1.29 is 14.7 Å². The fourth-order valence-corrected chi connectivity index (χ4v) is 4.51. The Morgan fingerprint density at radius 2 is 1.79 bits per heavy atom. The van der Waals surface area contributed by atoms with Crippen LogP contribution in [-0.4, -0.2) is 34.5 Å². The van der Waals surface area contributed by atoms with Gasteiger partial charge in [0.05, 0.1) is 11.8 Å². The lowest BCUT2D eigenvalue weighted by Crippen LogP contribution is -2.39. The molecule has 24 heavy (non-hydrogen) atoms. The number of likely N-dealkylation sites (tertiary alicyclic amines) is 1. The second kappa shape index (κ2) is 7.32. The van der Waals surface area contributed by atoms with Crippen molar-refractivity contribution in [3.8, 4) is 0 Å². The highest BCUT2D eigenvalue weighted by atomic mass is 35.5. The van der Waals surface area contributed by atoms with Crippen LogP contribution in [0.15, 0.2) is 18.2 Å². The maximum absolute atomic E-state index is 12.9. The molecule has 2 aliphatic rings. The van der Waals surface area contributed by atoms with Crippen LogP contribution in [0.2, 0.25) is 10.0 Å². The summed E-state index contributed by atoms with van der Waals surface area (Å²) in [6, 6.07) is 5.36. The minimum absolute atomic E-state index is 0.0645. The Labute approximate surface area is 151 Å². The van der Waals surface area contributed by atoms with E-state index in [1.54, 1.807) is 23.1 Å². The predicted octanol–water partition coefficient (Wildman–Crippen LogP) is 4.03. The number of carboxylic acid groups (broad SMARTS) is 1. The van der Waals surface area contributed by atoms with Crippen molar-refractivity contribution in [2.45, 2.75) is 44.6 Å². The standard InChI is InChI=1S/C18H21Cl2NO3/c19-15-7-4-8-16(20)13(15)9-12-14(18(23)24)10-21(17(12)22)11-5-2-1-3-6-11/h4,7-8,11-12,14H,1-3,5-6,9-10H2,(H,23,24). The zero-order chi connectivity index (χ0) is 17.3. The Morgan fingerprint density at radius 3 is 2.38 bits per heavy atom. The fraction of sp³-hybridized carbons (Fsp3) is 0.556. The van der Waals surface area contributed by atoms with Crippen molar-refractivity contribution in [1.82, 2.24) is 4.90 Å². The second-order valence-electron chi connectivity index (χ2n) is 6.74. The van der Waals surface area contributed by atoms with E-state index in [4.69, 9.17) is 23.2 Å². The molecule has 0 spiro atoms. The molecule has 1 saturated heterocycles. The van der Waals surface area contributed by atoms with Gasteiger partial charge >= 0.3 is 5.97 Å². The van der Waals surface area contributed by atoms with E-state index in [-0.39, 0.29) is 18.4 Å². The summed E-state index contributed by atoms with van der Waals surface area (Å²) in [5.74, 6) is -2.28. The molecule has 1 aliphatic heterocycles. The lowest BCUT2D eigenvalue weighted by molar-refractivity contribution is -0.144. The number of aliphatic carboxylic acids is 1. The number of hydrogen-bond donors (Lipinski definition) is 1. The zero-order valence-electron chi connectivity index (χ0n) is 13.4. The first-order valence-corrected chi connectivity index (χ1v) is 9.21. The largest absolute Gasteiger partial charge is 0.481 e. The third-order valence-electron chi connectivity index (χ3n) is 5.30. The van der Waals surface area contributed by atoms with Gasteiger partial charge in [-0.3, -0.25) is 9.59 Å². The van der Waals surface area contributed by atoms with Crippen LogP contribution in [0, 0.1) is 11.8 Å². The third kappa shape index (κ3) is 3.40. The maximum atomic E-state index is 12.9. The maximum Gasteiger partial charge on any atom is 0.309 e. The highest BCUT2D eigenvalue weighted by Crippen LogP contribution is 2.36. The molecule has 130 valence electrons. The number of halogens is 2. The number of hydrogen-bond acceptors (Lipinski definition) is 2. The van der Waals surface area contributed by atoms with Crippen molar-refractivity contribution in [3.05, 3.63) is 33.8 Å². The SMILES string of the molecule is O=C(O)C1CN(C2CCCCC2)C(=O)C1Cc1c(Cl)cccc1Cl. The van der Waals surface area contributed by atoms with Crippen LogP contribution in [-0.2, 0) is 16.0 Å².